The summed E-state index contributed by atoms with van der Waals surface area (Å²) in [6, 6.07) is 0.593. The molecule has 0 aliphatic carbocycles. The van der Waals surface area contributed by atoms with Crippen LogP contribution in [0, 0.1) is 0 Å². The van der Waals surface area contributed by atoms with Gasteiger partial charge in [-0.1, -0.05) is 12.2 Å². The number of rotatable bonds is 4. The highest BCUT2D eigenvalue weighted by atomic mass is 32.2. The first-order valence-electron chi connectivity index (χ1n) is 6.33. The van der Waals surface area contributed by atoms with E-state index in [0.717, 1.165) is 12.8 Å². The molecule has 4 heteroatoms. The zero-order valence-corrected chi connectivity index (χ0v) is 11.8. The number of carbonyl (C=O) groups is 1. The second kappa shape index (κ2) is 6.94. The Kier molecular flexibility index (Phi) is 5.89. The van der Waals surface area contributed by atoms with Crippen molar-refractivity contribution in [1.29, 1.82) is 0 Å². The third-order valence-electron chi connectivity index (χ3n) is 3.28. The Morgan fingerprint density at radius 2 is 1.94 bits per heavy atom. The summed E-state index contributed by atoms with van der Waals surface area (Å²) in [5.41, 5.74) is 0. The Hall–Kier alpha value is -0.640. The molecule has 0 aromatic heterocycles. The molecule has 17 heavy (non-hydrogen) atoms. The maximum absolute atomic E-state index is 12.1. The Morgan fingerprint density at radius 3 is 2.47 bits per heavy atom. The van der Waals surface area contributed by atoms with E-state index < -0.39 is 10.8 Å². The number of amides is 1. The minimum Gasteiger partial charge on any atom is -0.336 e. The van der Waals surface area contributed by atoms with Gasteiger partial charge in [0.15, 0.2) is 0 Å². The Balaban J connectivity index is 2.53. The zero-order chi connectivity index (χ0) is 12.8. The van der Waals surface area contributed by atoms with E-state index in [1.807, 2.05) is 24.0 Å². The first-order chi connectivity index (χ1) is 8.06. The van der Waals surface area contributed by atoms with Gasteiger partial charge in [0, 0.05) is 28.6 Å². The fourth-order valence-corrected chi connectivity index (χ4v) is 3.34. The molecule has 0 radical (unpaired) electrons. The van der Waals surface area contributed by atoms with Gasteiger partial charge in [0.2, 0.25) is 5.91 Å². The van der Waals surface area contributed by atoms with E-state index in [4.69, 9.17) is 0 Å². The van der Waals surface area contributed by atoms with Crippen LogP contribution in [0.1, 0.15) is 40.0 Å². The average molecular weight is 257 g/mol. The smallest absolute Gasteiger partial charge is 0.235 e. The molecule has 0 aromatic rings. The molecule has 0 N–H and O–H groups in total. The summed E-state index contributed by atoms with van der Waals surface area (Å²) in [6.45, 7) is 6.07. The largest absolute Gasteiger partial charge is 0.336 e. The number of hydrogen-bond donors (Lipinski definition) is 0. The molecular formula is C13H23NO2S. The molecule has 1 aliphatic heterocycles. The summed E-state index contributed by atoms with van der Waals surface area (Å²) in [5, 5.41) is 0. The summed E-state index contributed by atoms with van der Waals surface area (Å²) in [6.07, 6.45) is 7.05. The van der Waals surface area contributed by atoms with E-state index in [-0.39, 0.29) is 11.7 Å². The molecule has 1 heterocycles. The molecule has 0 aromatic carbocycles. The summed E-state index contributed by atoms with van der Waals surface area (Å²) < 4.78 is 11.7. The lowest BCUT2D eigenvalue weighted by molar-refractivity contribution is -0.134. The normalized spacial score (nSPS) is 27.4. The van der Waals surface area contributed by atoms with Crippen LogP contribution in [0.2, 0.25) is 0 Å². The number of piperidine rings is 1. The second-order valence-electron chi connectivity index (χ2n) is 4.75. The van der Waals surface area contributed by atoms with E-state index in [1.165, 1.54) is 6.42 Å². The highest BCUT2D eigenvalue weighted by Crippen LogP contribution is 2.22. The monoisotopic (exact) mass is 257 g/mol. The van der Waals surface area contributed by atoms with Crippen molar-refractivity contribution in [3.63, 3.8) is 0 Å². The van der Waals surface area contributed by atoms with E-state index in [1.54, 1.807) is 0 Å². The summed E-state index contributed by atoms with van der Waals surface area (Å²) >= 11 is 0. The summed E-state index contributed by atoms with van der Waals surface area (Å²) in [4.78, 5) is 14.0. The van der Waals surface area contributed by atoms with Crippen LogP contribution in [0.25, 0.3) is 0 Å². The van der Waals surface area contributed by atoms with Gasteiger partial charge in [-0.05, 0) is 40.0 Å². The Labute approximate surface area is 107 Å². The first kappa shape index (κ1) is 14.4. The fourth-order valence-electron chi connectivity index (χ4n) is 2.39. The molecule has 1 amide bonds. The van der Waals surface area contributed by atoms with Gasteiger partial charge in [0.05, 0.1) is 0 Å². The molecule has 1 saturated heterocycles. The molecule has 1 fully saturated rings. The molecule has 3 atom stereocenters. The molecular weight excluding hydrogens is 234 g/mol. The molecule has 0 saturated carbocycles. The van der Waals surface area contributed by atoms with Crippen molar-refractivity contribution >= 4 is 16.7 Å². The number of likely N-dealkylation sites (tertiary alicyclic amines) is 1. The van der Waals surface area contributed by atoms with Crippen molar-refractivity contribution in [1.82, 2.24) is 4.90 Å². The minimum atomic E-state index is -1.06. The van der Waals surface area contributed by atoms with Crippen LogP contribution in [0.4, 0.5) is 0 Å². The fraction of sp³-hybridized carbons (Fsp3) is 0.769. The van der Waals surface area contributed by atoms with Gasteiger partial charge in [0.25, 0.3) is 0 Å². The lowest BCUT2D eigenvalue weighted by atomic mass is 9.98. The van der Waals surface area contributed by atoms with Crippen molar-refractivity contribution in [3.8, 4) is 0 Å². The molecule has 0 unspecified atom stereocenters. The topological polar surface area (TPSA) is 37.4 Å². The van der Waals surface area contributed by atoms with E-state index in [9.17, 15) is 9.00 Å². The predicted octanol–water partition coefficient (Wildman–Crippen LogP) is 2.10. The van der Waals surface area contributed by atoms with Gasteiger partial charge < -0.3 is 4.90 Å². The average Bonchev–Trinajstić information content (AvgIpc) is 2.26. The van der Waals surface area contributed by atoms with Crippen LogP contribution in [-0.4, -0.2) is 38.6 Å². The van der Waals surface area contributed by atoms with Gasteiger partial charge in [-0.3, -0.25) is 9.00 Å². The van der Waals surface area contributed by atoms with Gasteiger partial charge in [0.1, 0.15) is 5.75 Å². The van der Waals surface area contributed by atoms with Crippen molar-refractivity contribution in [2.24, 2.45) is 0 Å². The van der Waals surface area contributed by atoms with Crippen LogP contribution >= 0.6 is 0 Å². The van der Waals surface area contributed by atoms with Gasteiger partial charge >= 0.3 is 0 Å². The van der Waals surface area contributed by atoms with Crippen molar-refractivity contribution in [3.05, 3.63) is 12.2 Å². The highest BCUT2D eigenvalue weighted by molar-refractivity contribution is 7.85. The number of allylic oxidation sites excluding steroid dienone is 1. The van der Waals surface area contributed by atoms with Crippen molar-refractivity contribution < 1.29 is 9.00 Å². The van der Waals surface area contributed by atoms with Crippen LogP contribution < -0.4 is 0 Å². The van der Waals surface area contributed by atoms with Crippen LogP contribution in [0.3, 0.4) is 0 Å². The maximum Gasteiger partial charge on any atom is 0.235 e. The minimum absolute atomic E-state index is 0.0486. The van der Waals surface area contributed by atoms with Crippen molar-refractivity contribution in [2.45, 2.75) is 52.1 Å². The Bertz CT molecular complexity index is 305. The summed E-state index contributed by atoms with van der Waals surface area (Å²) in [7, 11) is -1.06. The number of hydrogen-bond acceptors (Lipinski definition) is 2. The van der Waals surface area contributed by atoms with Crippen LogP contribution in [0.5, 0.6) is 0 Å². The second-order valence-corrected chi connectivity index (χ2v) is 6.25. The zero-order valence-electron chi connectivity index (χ0n) is 11.0. The number of carbonyl (C=O) groups excluding carboxylic acids is 1. The molecule has 0 spiro atoms. The van der Waals surface area contributed by atoms with E-state index in [0.29, 0.717) is 17.8 Å². The highest BCUT2D eigenvalue weighted by Gasteiger charge is 2.29. The predicted molar refractivity (Wildman–Crippen MR) is 72.3 cm³/mol. The molecule has 1 rings (SSSR count). The van der Waals surface area contributed by atoms with Crippen LogP contribution in [0.15, 0.2) is 12.2 Å². The van der Waals surface area contributed by atoms with Crippen LogP contribution in [-0.2, 0) is 15.6 Å². The maximum atomic E-state index is 12.1. The standard InChI is InChI=1S/C13H23NO2S/c1-4-5-9-17(16)10-13(15)14-11(2)7-6-8-12(14)3/h4-5,11-12H,6-10H2,1-3H3/b5-4+/t11-,12+,17-/m0/s1. The van der Waals surface area contributed by atoms with E-state index >= 15 is 0 Å². The van der Waals surface area contributed by atoms with Gasteiger partial charge in [-0.25, -0.2) is 0 Å². The molecule has 1 aliphatic rings. The number of nitrogens with zero attached hydrogens (tertiary/aromatic N) is 1. The third kappa shape index (κ3) is 4.26. The SMILES string of the molecule is C/C=C/C[S@](=O)CC(=O)N1[C@H](C)CCC[C@@H]1C. The van der Waals surface area contributed by atoms with Gasteiger partial charge in [-0.15, -0.1) is 0 Å². The lowest BCUT2D eigenvalue weighted by Gasteiger charge is -2.39. The van der Waals surface area contributed by atoms with E-state index in [2.05, 4.69) is 13.8 Å². The van der Waals surface area contributed by atoms with Crippen molar-refractivity contribution in [2.75, 3.05) is 11.5 Å². The molecule has 98 valence electrons. The lowest BCUT2D eigenvalue weighted by Crippen LogP contribution is -2.49. The molecule has 0 bridgehead atoms. The Morgan fingerprint density at radius 1 is 1.35 bits per heavy atom. The summed E-state index contributed by atoms with van der Waals surface area (Å²) in [5.74, 6) is 0.699. The third-order valence-corrected chi connectivity index (χ3v) is 4.42. The molecule has 3 nitrogen and oxygen atoms in total. The van der Waals surface area contributed by atoms with Gasteiger partial charge in [-0.2, -0.15) is 0 Å². The quantitative estimate of drug-likeness (QED) is 0.723. The first-order valence-corrected chi connectivity index (χ1v) is 7.82.